The van der Waals surface area contributed by atoms with E-state index in [1.807, 2.05) is 13.0 Å². The predicted octanol–water partition coefficient (Wildman–Crippen LogP) is 2.64. The van der Waals surface area contributed by atoms with E-state index in [-0.39, 0.29) is 29.2 Å². The summed E-state index contributed by atoms with van der Waals surface area (Å²) in [6, 6.07) is 6.79. The normalized spacial score (nSPS) is 15.2. The van der Waals surface area contributed by atoms with Gasteiger partial charge in [0.15, 0.2) is 5.76 Å². The maximum absolute atomic E-state index is 12.4. The van der Waals surface area contributed by atoms with Gasteiger partial charge in [0.1, 0.15) is 5.75 Å². The van der Waals surface area contributed by atoms with Crippen LogP contribution in [0.15, 0.2) is 34.9 Å². The maximum atomic E-state index is 12.4. The Bertz CT molecular complexity index is 775. The Morgan fingerprint density at radius 1 is 1.20 bits per heavy atom. The standard InChI is InChI=1S/C19H22N2O4/c1-12-5-6-15(17(22)13(12)2)18(23)20-14-7-9-21(10-8-14)19(24)16-4-3-11-25-16/h3-6,11,14,22H,7-10H2,1-2H3,(H,20,23). The molecule has 0 atom stereocenters. The third-order valence-corrected chi connectivity index (χ3v) is 4.80. The number of carbonyl (C=O) groups is 2. The molecule has 0 unspecified atom stereocenters. The Balaban J connectivity index is 1.58. The highest BCUT2D eigenvalue weighted by Gasteiger charge is 2.26. The summed E-state index contributed by atoms with van der Waals surface area (Å²) in [6.45, 7) is 4.80. The lowest BCUT2D eigenvalue weighted by Crippen LogP contribution is -2.46. The molecule has 3 rings (SSSR count). The zero-order chi connectivity index (χ0) is 18.0. The fourth-order valence-electron chi connectivity index (χ4n) is 3.03. The molecule has 25 heavy (non-hydrogen) atoms. The molecule has 6 heteroatoms. The van der Waals surface area contributed by atoms with E-state index in [1.54, 1.807) is 30.0 Å². The Hall–Kier alpha value is -2.76. The number of rotatable bonds is 3. The molecular formula is C19H22N2O4. The summed E-state index contributed by atoms with van der Waals surface area (Å²) >= 11 is 0. The van der Waals surface area contributed by atoms with E-state index in [0.717, 1.165) is 5.56 Å². The molecule has 1 aromatic carbocycles. The highest BCUT2D eigenvalue weighted by molar-refractivity contribution is 5.97. The zero-order valence-corrected chi connectivity index (χ0v) is 14.4. The van der Waals surface area contributed by atoms with Crippen molar-refractivity contribution in [1.82, 2.24) is 10.2 Å². The molecule has 2 amide bonds. The van der Waals surface area contributed by atoms with Crippen LogP contribution >= 0.6 is 0 Å². The summed E-state index contributed by atoms with van der Waals surface area (Å²) in [5.74, 6) is -0.0385. The van der Waals surface area contributed by atoms with Crippen LogP contribution in [0.4, 0.5) is 0 Å². The monoisotopic (exact) mass is 342 g/mol. The maximum Gasteiger partial charge on any atom is 0.289 e. The molecule has 0 spiro atoms. The van der Waals surface area contributed by atoms with Crippen molar-refractivity contribution in [3.05, 3.63) is 53.0 Å². The van der Waals surface area contributed by atoms with Crippen LogP contribution in [0, 0.1) is 13.8 Å². The fourth-order valence-corrected chi connectivity index (χ4v) is 3.03. The summed E-state index contributed by atoms with van der Waals surface area (Å²) in [7, 11) is 0. The van der Waals surface area contributed by atoms with Gasteiger partial charge >= 0.3 is 0 Å². The highest BCUT2D eigenvalue weighted by Crippen LogP contribution is 2.25. The van der Waals surface area contributed by atoms with Crippen molar-refractivity contribution in [2.75, 3.05) is 13.1 Å². The van der Waals surface area contributed by atoms with Gasteiger partial charge in [0.2, 0.25) is 0 Å². The number of likely N-dealkylation sites (tertiary alicyclic amines) is 1. The molecule has 1 aromatic heterocycles. The number of nitrogens with zero attached hydrogens (tertiary/aromatic N) is 1. The van der Waals surface area contributed by atoms with Gasteiger partial charge in [-0.15, -0.1) is 0 Å². The Morgan fingerprint density at radius 2 is 1.92 bits per heavy atom. The number of phenolic OH excluding ortho intramolecular Hbond substituents is 1. The fraction of sp³-hybridized carbons (Fsp3) is 0.368. The SMILES string of the molecule is Cc1ccc(C(=O)NC2CCN(C(=O)c3ccco3)CC2)c(O)c1C. The molecule has 0 aliphatic carbocycles. The lowest BCUT2D eigenvalue weighted by atomic mass is 10.0. The summed E-state index contributed by atoms with van der Waals surface area (Å²) in [4.78, 5) is 26.4. The first kappa shape index (κ1) is 17.1. The van der Waals surface area contributed by atoms with Crippen molar-refractivity contribution in [1.29, 1.82) is 0 Å². The minimum Gasteiger partial charge on any atom is -0.507 e. The minimum atomic E-state index is -0.281. The van der Waals surface area contributed by atoms with Gasteiger partial charge in [-0.2, -0.15) is 0 Å². The number of aryl methyl sites for hydroxylation is 1. The third-order valence-electron chi connectivity index (χ3n) is 4.80. The Kier molecular flexibility index (Phi) is 4.79. The number of nitrogens with one attached hydrogen (secondary N) is 1. The topological polar surface area (TPSA) is 82.8 Å². The number of hydrogen-bond donors (Lipinski definition) is 2. The lowest BCUT2D eigenvalue weighted by molar-refractivity contribution is 0.0667. The van der Waals surface area contributed by atoms with Gasteiger partial charge in [0, 0.05) is 19.1 Å². The van der Waals surface area contributed by atoms with Gasteiger partial charge in [-0.25, -0.2) is 0 Å². The van der Waals surface area contributed by atoms with E-state index < -0.39 is 0 Å². The number of carbonyl (C=O) groups excluding carboxylic acids is 2. The van der Waals surface area contributed by atoms with Crippen LogP contribution in [0.2, 0.25) is 0 Å². The van der Waals surface area contributed by atoms with E-state index >= 15 is 0 Å². The van der Waals surface area contributed by atoms with Crippen molar-refractivity contribution in [2.24, 2.45) is 0 Å². The van der Waals surface area contributed by atoms with Crippen LogP contribution in [0.3, 0.4) is 0 Å². The molecule has 2 N–H and O–H groups in total. The molecular weight excluding hydrogens is 320 g/mol. The van der Waals surface area contributed by atoms with Gasteiger partial charge in [-0.1, -0.05) is 6.07 Å². The second kappa shape index (κ2) is 7.01. The van der Waals surface area contributed by atoms with Gasteiger partial charge in [-0.3, -0.25) is 9.59 Å². The predicted molar refractivity (Wildman–Crippen MR) is 92.7 cm³/mol. The van der Waals surface area contributed by atoms with E-state index in [4.69, 9.17) is 4.42 Å². The van der Waals surface area contributed by atoms with Crippen LogP contribution in [0.25, 0.3) is 0 Å². The van der Waals surface area contributed by atoms with Crippen LogP contribution < -0.4 is 5.32 Å². The molecule has 132 valence electrons. The number of amides is 2. The van der Waals surface area contributed by atoms with Crippen molar-refractivity contribution in [3.63, 3.8) is 0 Å². The van der Waals surface area contributed by atoms with Gasteiger partial charge < -0.3 is 19.7 Å². The van der Waals surface area contributed by atoms with Crippen LogP contribution in [0.1, 0.15) is 44.9 Å². The van der Waals surface area contributed by atoms with Crippen molar-refractivity contribution >= 4 is 11.8 Å². The first-order chi connectivity index (χ1) is 12.0. The first-order valence-electron chi connectivity index (χ1n) is 8.40. The average molecular weight is 342 g/mol. The number of benzene rings is 1. The number of piperidine rings is 1. The van der Waals surface area contributed by atoms with E-state index in [0.29, 0.717) is 37.3 Å². The summed E-state index contributed by atoms with van der Waals surface area (Å²) in [5.41, 5.74) is 1.95. The van der Waals surface area contributed by atoms with Crippen molar-refractivity contribution in [3.8, 4) is 5.75 Å². The molecule has 1 saturated heterocycles. The summed E-state index contributed by atoms with van der Waals surface area (Å²) in [6.07, 6.45) is 2.82. The van der Waals surface area contributed by atoms with Crippen LogP contribution in [0.5, 0.6) is 5.75 Å². The number of hydrogen-bond acceptors (Lipinski definition) is 4. The second-order valence-corrected chi connectivity index (χ2v) is 6.42. The van der Waals surface area contributed by atoms with E-state index in [1.165, 1.54) is 6.26 Å². The third kappa shape index (κ3) is 3.52. The molecule has 0 bridgehead atoms. The quantitative estimate of drug-likeness (QED) is 0.898. The smallest absolute Gasteiger partial charge is 0.289 e. The summed E-state index contributed by atoms with van der Waals surface area (Å²) < 4.78 is 5.14. The first-order valence-corrected chi connectivity index (χ1v) is 8.40. The van der Waals surface area contributed by atoms with Crippen molar-refractivity contribution in [2.45, 2.75) is 32.7 Å². The number of aromatic hydroxyl groups is 1. The molecule has 0 radical (unpaired) electrons. The number of phenols is 1. The van der Waals surface area contributed by atoms with Crippen molar-refractivity contribution < 1.29 is 19.1 Å². The van der Waals surface area contributed by atoms with Crippen LogP contribution in [-0.2, 0) is 0 Å². The molecule has 1 fully saturated rings. The molecule has 2 heterocycles. The largest absolute Gasteiger partial charge is 0.507 e. The molecule has 6 nitrogen and oxygen atoms in total. The van der Waals surface area contributed by atoms with E-state index in [9.17, 15) is 14.7 Å². The summed E-state index contributed by atoms with van der Waals surface area (Å²) in [5, 5.41) is 13.1. The Labute approximate surface area is 146 Å². The lowest BCUT2D eigenvalue weighted by Gasteiger charge is -2.32. The van der Waals surface area contributed by atoms with Gasteiger partial charge in [0.05, 0.1) is 11.8 Å². The highest BCUT2D eigenvalue weighted by atomic mass is 16.3. The molecule has 2 aromatic rings. The van der Waals surface area contributed by atoms with Gasteiger partial charge in [0.25, 0.3) is 11.8 Å². The molecule has 0 saturated carbocycles. The minimum absolute atomic E-state index is 0.0193. The average Bonchev–Trinajstić information content (AvgIpc) is 3.14. The zero-order valence-electron chi connectivity index (χ0n) is 14.4. The van der Waals surface area contributed by atoms with E-state index in [2.05, 4.69) is 5.32 Å². The van der Waals surface area contributed by atoms with Crippen LogP contribution in [-0.4, -0.2) is 41.0 Å². The second-order valence-electron chi connectivity index (χ2n) is 6.42. The Morgan fingerprint density at radius 3 is 2.56 bits per heavy atom. The molecule has 1 aliphatic rings. The molecule has 1 aliphatic heterocycles. The van der Waals surface area contributed by atoms with Gasteiger partial charge in [-0.05, 0) is 56.0 Å². The number of furan rings is 1.